The van der Waals surface area contributed by atoms with Crippen LogP contribution in [0.25, 0.3) is 10.9 Å². The van der Waals surface area contributed by atoms with Gasteiger partial charge in [0.05, 0.1) is 10.9 Å². The van der Waals surface area contributed by atoms with Gasteiger partial charge in [0.25, 0.3) is 0 Å². The molecule has 4 rings (SSSR count). The second kappa shape index (κ2) is 6.45. The number of carboxylic acids is 1. The number of aromatic nitrogens is 1. The van der Waals surface area contributed by atoms with Crippen molar-refractivity contribution in [3.63, 3.8) is 0 Å². The molecule has 1 aromatic heterocycles. The fraction of sp³-hybridized carbons (Fsp3) is 0.368. The van der Waals surface area contributed by atoms with E-state index in [1.165, 1.54) is 10.8 Å². The maximum absolute atomic E-state index is 15.5. The zero-order valence-corrected chi connectivity index (χ0v) is 14.5. The molecule has 2 aliphatic rings. The molecule has 2 aromatic rings. The van der Waals surface area contributed by atoms with E-state index in [0.717, 1.165) is 18.9 Å². The van der Waals surface area contributed by atoms with E-state index in [1.807, 2.05) is 0 Å². The van der Waals surface area contributed by atoms with Gasteiger partial charge in [0.15, 0.2) is 5.82 Å². The SMILES string of the molecule is C=CC1CN(c2c(F)cc3c(=O)c(C(=O)O)cn(C4CC4)c3c2F)CCN1. The van der Waals surface area contributed by atoms with Crippen LogP contribution in [0.4, 0.5) is 14.5 Å². The Morgan fingerprint density at radius 3 is 2.74 bits per heavy atom. The lowest BCUT2D eigenvalue weighted by atomic mass is 10.1. The molecule has 0 amide bonds. The first-order chi connectivity index (χ1) is 12.9. The van der Waals surface area contributed by atoms with Crippen LogP contribution in [0, 0.1) is 11.6 Å². The molecule has 6 nitrogen and oxygen atoms in total. The molecule has 2 heterocycles. The van der Waals surface area contributed by atoms with Crippen LogP contribution in [0.15, 0.2) is 29.7 Å². The van der Waals surface area contributed by atoms with Crippen LogP contribution in [-0.2, 0) is 0 Å². The van der Waals surface area contributed by atoms with Gasteiger partial charge in [0, 0.05) is 37.9 Å². The van der Waals surface area contributed by atoms with Crippen LogP contribution in [-0.4, -0.2) is 41.3 Å². The molecule has 2 fully saturated rings. The molecule has 27 heavy (non-hydrogen) atoms. The lowest BCUT2D eigenvalue weighted by Gasteiger charge is -2.34. The third-order valence-electron chi connectivity index (χ3n) is 5.16. The summed E-state index contributed by atoms with van der Waals surface area (Å²) in [7, 11) is 0. The molecular formula is C19H19F2N3O3. The molecule has 0 radical (unpaired) electrons. The summed E-state index contributed by atoms with van der Waals surface area (Å²) in [5.41, 5.74) is -1.57. The van der Waals surface area contributed by atoms with E-state index in [9.17, 15) is 19.1 Å². The highest BCUT2D eigenvalue weighted by molar-refractivity contribution is 5.94. The summed E-state index contributed by atoms with van der Waals surface area (Å²) >= 11 is 0. The summed E-state index contributed by atoms with van der Waals surface area (Å²) in [5, 5.41) is 12.2. The largest absolute Gasteiger partial charge is 0.477 e. The van der Waals surface area contributed by atoms with Gasteiger partial charge in [-0.2, -0.15) is 0 Å². The van der Waals surface area contributed by atoms with Gasteiger partial charge in [-0.3, -0.25) is 4.79 Å². The molecule has 8 heteroatoms. The Morgan fingerprint density at radius 1 is 1.37 bits per heavy atom. The first kappa shape index (κ1) is 17.7. The standard InChI is InChI=1S/C19H19F2N3O3/c1-2-10-8-23(6-5-22-10)17-14(20)7-12-16(15(17)21)24(11-3-4-11)9-13(18(12)25)19(26)27/h2,7,9-11,22H,1,3-6,8H2,(H,26,27). The third-order valence-corrected chi connectivity index (χ3v) is 5.16. The Labute approximate surface area is 153 Å². The molecule has 1 aliphatic heterocycles. The topological polar surface area (TPSA) is 74.6 Å². The fourth-order valence-electron chi connectivity index (χ4n) is 3.65. The number of hydrogen-bond donors (Lipinski definition) is 2. The zero-order chi connectivity index (χ0) is 19.3. The van der Waals surface area contributed by atoms with Gasteiger partial charge in [0.2, 0.25) is 5.43 Å². The van der Waals surface area contributed by atoms with Crippen molar-refractivity contribution in [1.82, 2.24) is 9.88 Å². The average molecular weight is 375 g/mol. The first-order valence-electron chi connectivity index (χ1n) is 8.83. The minimum atomic E-state index is -1.41. The lowest BCUT2D eigenvalue weighted by Crippen LogP contribution is -2.50. The highest BCUT2D eigenvalue weighted by Gasteiger charge is 2.31. The molecule has 0 spiro atoms. The van der Waals surface area contributed by atoms with Crippen LogP contribution in [0.2, 0.25) is 0 Å². The summed E-state index contributed by atoms with van der Waals surface area (Å²) in [5.74, 6) is -3.10. The minimum Gasteiger partial charge on any atom is -0.477 e. The van der Waals surface area contributed by atoms with Crippen molar-refractivity contribution in [3.05, 3.63) is 52.3 Å². The van der Waals surface area contributed by atoms with Crippen molar-refractivity contribution < 1.29 is 18.7 Å². The Hall–Kier alpha value is -2.74. The summed E-state index contributed by atoms with van der Waals surface area (Å²) in [4.78, 5) is 25.5. The molecule has 2 N–H and O–H groups in total. The molecule has 142 valence electrons. The molecule has 1 aliphatic carbocycles. The van der Waals surface area contributed by atoms with E-state index in [1.54, 1.807) is 11.0 Å². The molecule has 1 aromatic carbocycles. The number of anilines is 1. The van der Waals surface area contributed by atoms with E-state index >= 15 is 4.39 Å². The minimum absolute atomic E-state index is 0.0300. The number of carboxylic acid groups (broad SMARTS) is 1. The first-order valence-corrected chi connectivity index (χ1v) is 8.83. The van der Waals surface area contributed by atoms with E-state index in [0.29, 0.717) is 19.6 Å². The number of carbonyl (C=O) groups is 1. The van der Waals surface area contributed by atoms with Gasteiger partial charge in [-0.15, -0.1) is 6.58 Å². The number of nitrogens with zero attached hydrogens (tertiary/aromatic N) is 2. The number of halogens is 2. The van der Waals surface area contributed by atoms with Crippen molar-refractivity contribution in [2.24, 2.45) is 0 Å². The third kappa shape index (κ3) is 2.90. The van der Waals surface area contributed by atoms with Crippen molar-refractivity contribution in [3.8, 4) is 0 Å². The van der Waals surface area contributed by atoms with Crippen LogP contribution >= 0.6 is 0 Å². The second-order valence-corrected chi connectivity index (χ2v) is 6.97. The quantitative estimate of drug-likeness (QED) is 0.802. The van der Waals surface area contributed by atoms with Gasteiger partial charge in [0.1, 0.15) is 17.1 Å². The van der Waals surface area contributed by atoms with Gasteiger partial charge < -0.3 is 19.9 Å². The predicted molar refractivity (Wildman–Crippen MR) is 97.6 cm³/mol. The Balaban J connectivity index is 1.97. The van der Waals surface area contributed by atoms with Gasteiger partial charge >= 0.3 is 5.97 Å². The maximum Gasteiger partial charge on any atom is 0.341 e. The molecule has 1 atom stereocenters. The van der Waals surface area contributed by atoms with Crippen LogP contribution < -0.4 is 15.6 Å². The Bertz CT molecular complexity index is 1010. The molecule has 1 saturated heterocycles. The number of rotatable bonds is 4. The summed E-state index contributed by atoms with van der Waals surface area (Å²) in [6.07, 6.45) is 4.38. The highest BCUT2D eigenvalue weighted by atomic mass is 19.1. The molecule has 1 saturated carbocycles. The monoisotopic (exact) mass is 375 g/mol. The number of nitrogens with one attached hydrogen (secondary N) is 1. The normalized spacial score (nSPS) is 20.1. The van der Waals surface area contributed by atoms with E-state index < -0.39 is 28.6 Å². The second-order valence-electron chi connectivity index (χ2n) is 6.97. The highest BCUT2D eigenvalue weighted by Crippen LogP contribution is 2.39. The molecule has 1 unspecified atom stereocenters. The van der Waals surface area contributed by atoms with E-state index in [2.05, 4.69) is 11.9 Å². The Kier molecular flexibility index (Phi) is 4.22. The lowest BCUT2D eigenvalue weighted by molar-refractivity contribution is 0.0695. The fourth-order valence-corrected chi connectivity index (χ4v) is 3.65. The van der Waals surface area contributed by atoms with E-state index in [4.69, 9.17) is 0 Å². The van der Waals surface area contributed by atoms with Crippen LogP contribution in [0.5, 0.6) is 0 Å². The van der Waals surface area contributed by atoms with Crippen LogP contribution in [0.1, 0.15) is 29.2 Å². The van der Waals surface area contributed by atoms with E-state index in [-0.39, 0.29) is 28.7 Å². The zero-order valence-electron chi connectivity index (χ0n) is 14.5. The molecule has 0 bridgehead atoms. The van der Waals surface area contributed by atoms with Crippen molar-refractivity contribution >= 4 is 22.6 Å². The number of benzene rings is 1. The van der Waals surface area contributed by atoms with Gasteiger partial charge in [-0.1, -0.05) is 6.08 Å². The smallest absolute Gasteiger partial charge is 0.341 e. The van der Waals surface area contributed by atoms with Crippen molar-refractivity contribution in [2.75, 3.05) is 24.5 Å². The van der Waals surface area contributed by atoms with Crippen molar-refractivity contribution in [2.45, 2.75) is 24.9 Å². The van der Waals surface area contributed by atoms with Crippen LogP contribution in [0.3, 0.4) is 0 Å². The number of aromatic carboxylic acids is 1. The van der Waals surface area contributed by atoms with Crippen molar-refractivity contribution in [1.29, 1.82) is 0 Å². The Morgan fingerprint density at radius 2 is 2.11 bits per heavy atom. The van der Waals surface area contributed by atoms with Gasteiger partial charge in [-0.25, -0.2) is 13.6 Å². The number of fused-ring (bicyclic) bond motifs is 1. The maximum atomic E-state index is 15.5. The summed E-state index contributed by atoms with van der Waals surface area (Å²) < 4.78 is 31.8. The molecular weight excluding hydrogens is 356 g/mol. The summed E-state index contributed by atoms with van der Waals surface area (Å²) in [6.45, 7) is 5.01. The number of hydrogen-bond acceptors (Lipinski definition) is 4. The summed E-state index contributed by atoms with van der Waals surface area (Å²) in [6, 6.07) is 0.781. The predicted octanol–water partition coefficient (Wildman–Crippen LogP) is 2.28. The number of pyridine rings is 1. The van der Waals surface area contributed by atoms with Gasteiger partial charge in [-0.05, 0) is 18.9 Å². The average Bonchev–Trinajstić information content (AvgIpc) is 3.47. The number of piperazine rings is 1.